The van der Waals surface area contributed by atoms with Gasteiger partial charge in [-0.3, -0.25) is 0 Å². The van der Waals surface area contributed by atoms with E-state index >= 15 is 0 Å². The average molecular weight is 333 g/mol. The van der Waals surface area contributed by atoms with Crippen LogP contribution in [0.3, 0.4) is 0 Å². The van der Waals surface area contributed by atoms with Crippen molar-refractivity contribution in [3.8, 4) is 0 Å². The lowest BCUT2D eigenvalue weighted by Gasteiger charge is -2.31. The zero-order valence-electron chi connectivity index (χ0n) is 11.0. The van der Waals surface area contributed by atoms with Crippen LogP contribution in [0.25, 0.3) is 0 Å². The van der Waals surface area contributed by atoms with Gasteiger partial charge in [-0.25, -0.2) is 10.2 Å². The number of nitrogens with two attached hydrogens (primary N) is 1. The standard InChI is InChI=1S/C12H14Cl2N4OS/c1-18(2)9-5-20-11-7(3-6(13)4-8(11)14)10(9)16-17-12(15)19/h3-4,9H,5H2,1-2H3,(H3,15,17,19)/b16-10-. The summed E-state index contributed by atoms with van der Waals surface area (Å²) in [6.07, 6.45) is 0. The van der Waals surface area contributed by atoms with Crippen LogP contribution in [-0.2, 0) is 0 Å². The summed E-state index contributed by atoms with van der Waals surface area (Å²) < 4.78 is 0. The Morgan fingerprint density at radius 1 is 1.50 bits per heavy atom. The van der Waals surface area contributed by atoms with E-state index in [-0.39, 0.29) is 6.04 Å². The highest BCUT2D eigenvalue weighted by Gasteiger charge is 2.29. The van der Waals surface area contributed by atoms with E-state index < -0.39 is 6.03 Å². The van der Waals surface area contributed by atoms with Crippen molar-refractivity contribution in [2.75, 3.05) is 19.8 Å². The summed E-state index contributed by atoms with van der Waals surface area (Å²) in [4.78, 5) is 13.8. The number of urea groups is 1. The Morgan fingerprint density at radius 2 is 2.20 bits per heavy atom. The summed E-state index contributed by atoms with van der Waals surface area (Å²) in [7, 11) is 3.89. The molecule has 8 heteroatoms. The molecule has 108 valence electrons. The van der Waals surface area contributed by atoms with Gasteiger partial charge in [0.1, 0.15) is 0 Å². The van der Waals surface area contributed by atoms with Crippen LogP contribution in [0, 0.1) is 0 Å². The molecule has 2 rings (SSSR count). The fourth-order valence-corrected chi connectivity index (χ4v) is 3.92. The molecule has 1 atom stereocenters. The first-order valence-corrected chi connectivity index (χ1v) is 7.56. The van der Waals surface area contributed by atoms with Crippen LogP contribution in [0.4, 0.5) is 4.79 Å². The Balaban J connectivity index is 2.53. The van der Waals surface area contributed by atoms with Gasteiger partial charge >= 0.3 is 6.03 Å². The van der Waals surface area contributed by atoms with Gasteiger partial charge in [-0.15, -0.1) is 11.8 Å². The molecule has 2 amide bonds. The van der Waals surface area contributed by atoms with Gasteiger partial charge in [-0.1, -0.05) is 23.2 Å². The highest BCUT2D eigenvalue weighted by Crippen LogP contribution is 2.39. The van der Waals surface area contributed by atoms with Crippen molar-refractivity contribution in [3.63, 3.8) is 0 Å². The van der Waals surface area contributed by atoms with E-state index in [1.54, 1.807) is 23.9 Å². The third kappa shape index (κ3) is 3.20. The fourth-order valence-electron chi connectivity index (χ4n) is 1.96. The molecule has 20 heavy (non-hydrogen) atoms. The molecule has 5 nitrogen and oxygen atoms in total. The number of fused-ring (bicyclic) bond motifs is 1. The number of thioether (sulfide) groups is 1. The largest absolute Gasteiger partial charge is 0.350 e. The number of carbonyl (C=O) groups is 1. The van der Waals surface area contributed by atoms with Gasteiger partial charge in [0, 0.05) is 21.2 Å². The van der Waals surface area contributed by atoms with Crippen LogP contribution < -0.4 is 11.2 Å². The molecular weight excluding hydrogens is 319 g/mol. The smallest absolute Gasteiger partial charge is 0.332 e. The van der Waals surface area contributed by atoms with Gasteiger partial charge in [0.2, 0.25) is 0 Å². The predicted molar refractivity (Wildman–Crippen MR) is 83.9 cm³/mol. The molecule has 0 radical (unpaired) electrons. The number of primary amides is 1. The molecule has 1 heterocycles. The van der Waals surface area contributed by atoms with Crippen LogP contribution in [-0.4, -0.2) is 42.5 Å². The first-order chi connectivity index (χ1) is 9.40. The van der Waals surface area contributed by atoms with Crippen LogP contribution >= 0.6 is 35.0 Å². The molecule has 0 saturated carbocycles. The van der Waals surface area contributed by atoms with Gasteiger partial charge in [0.05, 0.1) is 16.8 Å². The third-order valence-electron chi connectivity index (χ3n) is 2.90. The number of hydrazone groups is 1. The number of carbonyl (C=O) groups excluding carboxylic acids is 1. The maximum atomic E-state index is 10.9. The van der Waals surface area contributed by atoms with Crippen molar-refractivity contribution in [2.24, 2.45) is 10.8 Å². The van der Waals surface area contributed by atoms with Crippen molar-refractivity contribution in [3.05, 3.63) is 27.7 Å². The van der Waals surface area contributed by atoms with Crippen molar-refractivity contribution < 1.29 is 4.79 Å². The molecule has 1 aromatic rings. The van der Waals surface area contributed by atoms with Crippen LogP contribution in [0.1, 0.15) is 5.56 Å². The maximum Gasteiger partial charge on any atom is 0.332 e. The Morgan fingerprint density at radius 3 is 2.80 bits per heavy atom. The Hall–Kier alpha value is -0.950. The molecule has 1 aliphatic heterocycles. The Kier molecular flexibility index (Phi) is 4.80. The summed E-state index contributed by atoms with van der Waals surface area (Å²) in [6, 6.07) is 2.83. The topological polar surface area (TPSA) is 70.7 Å². The summed E-state index contributed by atoms with van der Waals surface area (Å²) in [5.41, 5.74) is 8.89. The molecule has 0 spiro atoms. The van der Waals surface area contributed by atoms with Crippen molar-refractivity contribution in [2.45, 2.75) is 10.9 Å². The maximum absolute atomic E-state index is 10.9. The van der Waals surface area contributed by atoms with Crippen molar-refractivity contribution in [1.82, 2.24) is 10.3 Å². The minimum Gasteiger partial charge on any atom is -0.350 e. The number of hydrogen-bond acceptors (Lipinski definition) is 4. The average Bonchev–Trinajstić information content (AvgIpc) is 2.35. The lowest BCUT2D eigenvalue weighted by molar-refractivity contribution is 0.249. The van der Waals surface area contributed by atoms with E-state index in [4.69, 9.17) is 28.9 Å². The minimum atomic E-state index is -0.706. The summed E-state index contributed by atoms with van der Waals surface area (Å²) >= 11 is 13.9. The first-order valence-electron chi connectivity index (χ1n) is 5.82. The van der Waals surface area contributed by atoms with Gasteiger partial charge in [-0.05, 0) is 26.2 Å². The van der Waals surface area contributed by atoms with Crippen LogP contribution in [0.5, 0.6) is 0 Å². The predicted octanol–water partition coefficient (Wildman–Crippen LogP) is 2.40. The van der Waals surface area contributed by atoms with E-state index in [1.165, 1.54) is 0 Å². The monoisotopic (exact) mass is 332 g/mol. The molecule has 0 bridgehead atoms. The molecule has 0 fully saturated rings. The number of nitrogens with one attached hydrogen (secondary N) is 1. The van der Waals surface area contributed by atoms with E-state index in [9.17, 15) is 4.79 Å². The fraction of sp³-hybridized carbons (Fsp3) is 0.333. The molecule has 0 aliphatic carbocycles. The number of likely N-dealkylation sites (N-methyl/N-ethyl adjacent to an activating group) is 1. The van der Waals surface area contributed by atoms with Gasteiger partial charge in [-0.2, -0.15) is 5.10 Å². The van der Waals surface area contributed by atoms with E-state index in [0.29, 0.717) is 15.8 Å². The summed E-state index contributed by atoms with van der Waals surface area (Å²) in [6.45, 7) is 0. The number of halogens is 2. The van der Waals surface area contributed by atoms with Crippen molar-refractivity contribution >= 4 is 46.7 Å². The van der Waals surface area contributed by atoms with E-state index in [2.05, 4.69) is 10.5 Å². The Bertz CT molecular complexity index is 577. The number of benzene rings is 1. The second-order valence-electron chi connectivity index (χ2n) is 4.53. The third-order valence-corrected chi connectivity index (χ3v) is 4.73. The molecule has 1 aliphatic rings. The number of rotatable bonds is 2. The van der Waals surface area contributed by atoms with Crippen LogP contribution in [0.15, 0.2) is 22.1 Å². The number of hydrogen-bond donors (Lipinski definition) is 2. The quantitative estimate of drug-likeness (QED) is 0.817. The normalized spacial score (nSPS) is 20.1. The molecular formula is C12H14Cl2N4OS. The minimum absolute atomic E-state index is 0.0360. The summed E-state index contributed by atoms with van der Waals surface area (Å²) in [5, 5.41) is 5.24. The van der Waals surface area contributed by atoms with Gasteiger partial charge in [0.25, 0.3) is 0 Å². The zero-order valence-corrected chi connectivity index (χ0v) is 13.3. The highest BCUT2D eigenvalue weighted by atomic mass is 35.5. The first kappa shape index (κ1) is 15.4. The van der Waals surface area contributed by atoms with Crippen LogP contribution in [0.2, 0.25) is 10.0 Å². The number of amides is 2. The second-order valence-corrected chi connectivity index (χ2v) is 6.40. The molecule has 0 aromatic heterocycles. The lowest BCUT2D eigenvalue weighted by atomic mass is 10.0. The highest BCUT2D eigenvalue weighted by molar-refractivity contribution is 7.99. The van der Waals surface area contributed by atoms with E-state index in [1.807, 2.05) is 19.0 Å². The zero-order chi connectivity index (χ0) is 14.9. The van der Waals surface area contributed by atoms with Gasteiger partial charge in [0.15, 0.2) is 0 Å². The lowest BCUT2D eigenvalue weighted by Crippen LogP contribution is -2.42. The molecule has 3 N–H and O–H groups in total. The van der Waals surface area contributed by atoms with E-state index in [0.717, 1.165) is 16.2 Å². The molecule has 0 saturated heterocycles. The Labute approximate surface area is 131 Å². The van der Waals surface area contributed by atoms with Crippen molar-refractivity contribution in [1.29, 1.82) is 0 Å². The summed E-state index contributed by atoms with van der Waals surface area (Å²) in [5.74, 6) is 0.778. The van der Waals surface area contributed by atoms with Gasteiger partial charge < -0.3 is 10.6 Å². The number of nitrogens with zero attached hydrogens (tertiary/aromatic N) is 2. The molecule has 1 unspecified atom stereocenters. The SMILES string of the molecule is CN(C)C1CSc2c(Cl)cc(Cl)cc2/C1=N/NC(N)=O. The second kappa shape index (κ2) is 6.22. The molecule has 1 aromatic carbocycles.